The maximum atomic E-state index is 13.4. The van der Waals surface area contributed by atoms with Crippen molar-refractivity contribution in [2.45, 2.75) is 12.8 Å². The van der Waals surface area contributed by atoms with E-state index in [4.69, 9.17) is 10.7 Å². The summed E-state index contributed by atoms with van der Waals surface area (Å²) in [6.07, 6.45) is 1.70. The van der Waals surface area contributed by atoms with Crippen LogP contribution in [0.3, 0.4) is 0 Å². The van der Waals surface area contributed by atoms with Gasteiger partial charge in [0.05, 0.1) is 18.4 Å². The standard InChI is InChI=1S/C24H25FN6O2/c1-15-21(16-6-8-18(25)9-7-16)22(26)31-23(28-15)20(13-27-31)17-4-3-5-19(12-17)30-11-10-29(2)14-24(30,32)33/h3-9,12-13,32-33H,10-11,14,26H2,1-2H3. The number of nitrogen functional groups attached to an aromatic ring is 1. The molecule has 1 aliphatic heterocycles. The highest BCUT2D eigenvalue weighted by Gasteiger charge is 2.37. The molecule has 0 radical (unpaired) electrons. The van der Waals surface area contributed by atoms with Gasteiger partial charge in [-0.05, 0) is 49.4 Å². The maximum absolute atomic E-state index is 13.4. The van der Waals surface area contributed by atoms with Crippen molar-refractivity contribution in [3.05, 3.63) is 66.2 Å². The van der Waals surface area contributed by atoms with E-state index < -0.39 is 5.91 Å². The van der Waals surface area contributed by atoms with Crippen LogP contribution < -0.4 is 10.6 Å². The zero-order chi connectivity index (χ0) is 23.3. The molecule has 0 spiro atoms. The molecule has 5 rings (SSSR count). The number of aliphatic hydroxyl groups is 2. The van der Waals surface area contributed by atoms with Gasteiger partial charge in [0, 0.05) is 29.9 Å². The van der Waals surface area contributed by atoms with Gasteiger partial charge in [-0.1, -0.05) is 24.3 Å². The van der Waals surface area contributed by atoms with Crippen LogP contribution in [0.25, 0.3) is 27.9 Å². The summed E-state index contributed by atoms with van der Waals surface area (Å²) in [7, 11) is 1.85. The number of aryl methyl sites for hydroxylation is 1. The molecule has 0 saturated carbocycles. The lowest BCUT2D eigenvalue weighted by atomic mass is 10.0. The molecule has 0 atom stereocenters. The lowest BCUT2D eigenvalue weighted by Gasteiger charge is -2.44. The summed E-state index contributed by atoms with van der Waals surface area (Å²) in [5.41, 5.74) is 11.5. The largest absolute Gasteiger partial charge is 0.383 e. The number of rotatable bonds is 3. The number of aromatic nitrogens is 3. The highest BCUT2D eigenvalue weighted by molar-refractivity contribution is 5.84. The predicted octanol–water partition coefficient (Wildman–Crippen LogP) is 2.48. The van der Waals surface area contributed by atoms with E-state index in [-0.39, 0.29) is 12.4 Å². The monoisotopic (exact) mass is 448 g/mol. The Hall–Kier alpha value is -3.53. The van der Waals surface area contributed by atoms with Crippen LogP contribution in [0.2, 0.25) is 0 Å². The summed E-state index contributed by atoms with van der Waals surface area (Å²) in [5, 5.41) is 25.6. The SMILES string of the molecule is Cc1nc2c(-c3cccc(N4CCN(C)CC4(O)O)c3)cnn2c(N)c1-c1ccc(F)cc1. The van der Waals surface area contributed by atoms with Gasteiger partial charge < -0.3 is 20.8 Å². The molecular formula is C24H25FN6O2. The van der Waals surface area contributed by atoms with Gasteiger partial charge in [0.2, 0.25) is 0 Å². The highest BCUT2D eigenvalue weighted by Crippen LogP contribution is 2.34. The van der Waals surface area contributed by atoms with Crippen LogP contribution in [0.15, 0.2) is 54.7 Å². The number of halogens is 1. The second-order valence-electron chi connectivity index (χ2n) is 8.47. The van der Waals surface area contributed by atoms with E-state index in [9.17, 15) is 14.6 Å². The first-order valence-electron chi connectivity index (χ1n) is 10.7. The smallest absolute Gasteiger partial charge is 0.260 e. The Balaban J connectivity index is 1.58. The van der Waals surface area contributed by atoms with Gasteiger partial charge in [-0.2, -0.15) is 9.61 Å². The van der Waals surface area contributed by atoms with Gasteiger partial charge in [-0.25, -0.2) is 9.37 Å². The topological polar surface area (TPSA) is 103 Å². The van der Waals surface area contributed by atoms with Crippen LogP contribution in [-0.4, -0.2) is 62.3 Å². The normalized spacial score (nSPS) is 16.5. The average Bonchev–Trinajstić information content (AvgIpc) is 3.18. The molecule has 0 bridgehead atoms. The third kappa shape index (κ3) is 3.70. The van der Waals surface area contributed by atoms with Crippen LogP contribution in [0, 0.1) is 12.7 Å². The van der Waals surface area contributed by atoms with Crippen LogP contribution >= 0.6 is 0 Å². The number of hydrogen-bond donors (Lipinski definition) is 3. The molecule has 2 aromatic carbocycles. The first-order valence-corrected chi connectivity index (χ1v) is 10.7. The molecule has 9 heteroatoms. The summed E-state index contributed by atoms with van der Waals surface area (Å²) in [5.74, 6) is -1.87. The van der Waals surface area contributed by atoms with Crippen molar-refractivity contribution in [3.8, 4) is 22.3 Å². The van der Waals surface area contributed by atoms with Crippen LogP contribution in [-0.2, 0) is 0 Å². The third-order valence-electron chi connectivity index (χ3n) is 6.08. The van der Waals surface area contributed by atoms with E-state index in [2.05, 4.69) is 5.10 Å². The van der Waals surface area contributed by atoms with Crippen molar-refractivity contribution in [2.24, 2.45) is 0 Å². The zero-order valence-corrected chi connectivity index (χ0v) is 18.4. The van der Waals surface area contributed by atoms with Crippen molar-refractivity contribution >= 4 is 17.2 Å². The molecule has 1 saturated heterocycles. The number of β-amino-alcohol motifs (C(OH)–C–C–N with tert-alkyl or cyclic N) is 2. The lowest BCUT2D eigenvalue weighted by molar-refractivity contribution is -0.182. The molecule has 0 aliphatic carbocycles. The molecule has 3 heterocycles. The summed E-state index contributed by atoms with van der Waals surface area (Å²) >= 11 is 0. The van der Waals surface area contributed by atoms with Gasteiger partial charge >= 0.3 is 0 Å². The Morgan fingerprint density at radius 1 is 1.06 bits per heavy atom. The van der Waals surface area contributed by atoms with E-state index in [1.165, 1.54) is 12.1 Å². The molecule has 4 N–H and O–H groups in total. The maximum Gasteiger partial charge on any atom is 0.260 e. The fraction of sp³-hybridized carbons (Fsp3) is 0.250. The number of fused-ring (bicyclic) bond motifs is 1. The third-order valence-corrected chi connectivity index (χ3v) is 6.08. The van der Waals surface area contributed by atoms with Gasteiger partial charge in [0.25, 0.3) is 5.91 Å². The fourth-order valence-corrected chi connectivity index (χ4v) is 4.46. The van der Waals surface area contributed by atoms with Crippen molar-refractivity contribution in [3.63, 3.8) is 0 Å². The number of anilines is 2. The number of piperazine rings is 1. The van der Waals surface area contributed by atoms with Crippen LogP contribution in [0.1, 0.15) is 5.69 Å². The van der Waals surface area contributed by atoms with Crippen LogP contribution in [0.4, 0.5) is 15.9 Å². The minimum absolute atomic E-state index is 0.122. The Labute approximate surface area is 190 Å². The summed E-state index contributed by atoms with van der Waals surface area (Å²) in [6.45, 7) is 3.18. The van der Waals surface area contributed by atoms with Gasteiger partial charge in [0.1, 0.15) is 11.6 Å². The Morgan fingerprint density at radius 2 is 1.82 bits per heavy atom. The van der Waals surface area contributed by atoms with Crippen LogP contribution in [0.5, 0.6) is 0 Å². The fourth-order valence-electron chi connectivity index (χ4n) is 4.46. The minimum atomic E-state index is -1.96. The summed E-state index contributed by atoms with van der Waals surface area (Å²) < 4.78 is 15.0. The van der Waals surface area contributed by atoms with E-state index in [1.807, 2.05) is 43.1 Å². The quantitative estimate of drug-likeness (QED) is 0.414. The van der Waals surface area contributed by atoms with E-state index in [1.54, 1.807) is 27.7 Å². The second-order valence-corrected chi connectivity index (χ2v) is 8.47. The Kier molecular flexibility index (Phi) is 5.04. The van der Waals surface area contributed by atoms with Crippen molar-refractivity contribution < 1.29 is 14.6 Å². The Bertz CT molecular complexity index is 1340. The lowest BCUT2D eigenvalue weighted by Crippen LogP contribution is -2.62. The van der Waals surface area contributed by atoms with E-state index in [0.29, 0.717) is 41.5 Å². The molecule has 1 aliphatic rings. The average molecular weight is 449 g/mol. The van der Waals surface area contributed by atoms with Crippen molar-refractivity contribution in [1.29, 1.82) is 0 Å². The number of benzene rings is 2. The van der Waals surface area contributed by atoms with Crippen molar-refractivity contribution in [2.75, 3.05) is 37.3 Å². The second kappa shape index (κ2) is 7.80. The minimum Gasteiger partial charge on any atom is -0.383 e. The first-order chi connectivity index (χ1) is 15.7. The van der Waals surface area contributed by atoms with Gasteiger partial charge in [-0.15, -0.1) is 0 Å². The molecule has 0 unspecified atom stereocenters. The predicted molar refractivity (Wildman–Crippen MR) is 125 cm³/mol. The summed E-state index contributed by atoms with van der Waals surface area (Å²) in [4.78, 5) is 8.22. The van der Waals surface area contributed by atoms with Crippen molar-refractivity contribution in [1.82, 2.24) is 19.5 Å². The Morgan fingerprint density at radius 3 is 2.55 bits per heavy atom. The highest BCUT2D eigenvalue weighted by atomic mass is 19.1. The number of nitrogens with zero attached hydrogens (tertiary/aromatic N) is 5. The molecule has 4 aromatic rings. The molecule has 170 valence electrons. The number of hydrogen-bond acceptors (Lipinski definition) is 7. The summed E-state index contributed by atoms with van der Waals surface area (Å²) in [6, 6.07) is 13.6. The van der Waals surface area contributed by atoms with Gasteiger partial charge in [0.15, 0.2) is 5.65 Å². The number of likely N-dealkylation sites (N-methyl/N-ethyl adjacent to an activating group) is 1. The molecule has 1 fully saturated rings. The molecule has 8 nitrogen and oxygen atoms in total. The number of nitrogens with two attached hydrogens (primary N) is 1. The molecular weight excluding hydrogens is 423 g/mol. The van der Waals surface area contributed by atoms with E-state index >= 15 is 0 Å². The first kappa shape index (κ1) is 21.3. The zero-order valence-electron chi connectivity index (χ0n) is 18.4. The molecule has 0 amide bonds. The van der Waals surface area contributed by atoms with E-state index in [0.717, 1.165) is 16.7 Å². The molecule has 2 aromatic heterocycles. The van der Waals surface area contributed by atoms with Gasteiger partial charge in [-0.3, -0.25) is 4.90 Å². The molecule has 33 heavy (non-hydrogen) atoms.